The summed E-state index contributed by atoms with van der Waals surface area (Å²) in [7, 11) is 0. The Morgan fingerprint density at radius 1 is 0.944 bits per heavy atom. The highest BCUT2D eigenvalue weighted by molar-refractivity contribution is 7.99. The summed E-state index contributed by atoms with van der Waals surface area (Å²) >= 11 is 1.70. The second-order valence-electron chi connectivity index (χ2n) is 3.87. The number of nitrogens with two attached hydrogens (primary N) is 1. The third kappa shape index (κ3) is 2.15. The van der Waals surface area contributed by atoms with Gasteiger partial charge in [0.25, 0.3) is 0 Å². The Bertz CT molecular complexity index is 683. The average molecular weight is 253 g/mol. The summed E-state index contributed by atoms with van der Waals surface area (Å²) < 4.78 is 0. The molecule has 4 heteroatoms. The van der Waals surface area contributed by atoms with Crippen molar-refractivity contribution in [3.05, 3.63) is 55.0 Å². The number of hydrogen-bond donors (Lipinski definition) is 1. The minimum Gasteiger partial charge on any atom is -0.399 e. The molecular formula is C14H11N3S. The van der Waals surface area contributed by atoms with Crippen LogP contribution in [-0.2, 0) is 0 Å². The van der Waals surface area contributed by atoms with E-state index in [0.29, 0.717) is 0 Å². The van der Waals surface area contributed by atoms with Crippen LogP contribution in [0.1, 0.15) is 0 Å². The first-order valence-electron chi connectivity index (χ1n) is 5.55. The largest absolute Gasteiger partial charge is 0.399 e. The van der Waals surface area contributed by atoms with Crippen LogP contribution in [0.2, 0.25) is 0 Å². The molecule has 88 valence electrons. The normalized spacial score (nSPS) is 10.7. The van der Waals surface area contributed by atoms with E-state index in [1.165, 1.54) is 4.90 Å². The van der Waals surface area contributed by atoms with Gasteiger partial charge in [-0.15, -0.1) is 0 Å². The van der Waals surface area contributed by atoms with Crippen LogP contribution in [-0.4, -0.2) is 9.97 Å². The van der Waals surface area contributed by atoms with Gasteiger partial charge in [0.1, 0.15) is 0 Å². The highest BCUT2D eigenvalue weighted by Gasteiger charge is 2.04. The van der Waals surface area contributed by atoms with E-state index < -0.39 is 0 Å². The summed E-state index contributed by atoms with van der Waals surface area (Å²) in [6.45, 7) is 0. The number of aromatic nitrogens is 2. The Hall–Kier alpha value is -2.07. The number of benzene rings is 1. The van der Waals surface area contributed by atoms with E-state index in [2.05, 4.69) is 9.97 Å². The van der Waals surface area contributed by atoms with E-state index in [-0.39, 0.29) is 0 Å². The van der Waals surface area contributed by atoms with Gasteiger partial charge in [-0.2, -0.15) is 0 Å². The summed E-state index contributed by atoms with van der Waals surface area (Å²) in [6.07, 6.45) is 5.40. The first kappa shape index (κ1) is 11.0. The molecule has 1 aromatic carbocycles. The Kier molecular flexibility index (Phi) is 2.86. The fourth-order valence-corrected chi connectivity index (χ4v) is 2.68. The lowest BCUT2D eigenvalue weighted by Gasteiger charge is -2.06. The number of hydrogen-bond acceptors (Lipinski definition) is 4. The molecule has 0 atom stereocenters. The second-order valence-corrected chi connectivity index (χ2v) is 4.99. The predicted octanol–water partition coefficient (Wildman–Crippen LogP) is 3.36. The molecule has 0 fully saturated rings. The SMILES string of the molecule is Nc1ccc2c(Sc3ccncc3)ccnc2c1. The number of nitrogen functional groups attached to an aromatic ring is 1. The van der Waals surface area contributed by atoms with Crippen molar-refractivity contribution in [2.75, 3.05) is 5.73 Å². The summed E-state index contributed by atoms with van der Waals surface area (Å²) in [4.78, 5) is 10.7. The second kappa shape index (κ2) is 4.66. The Labute approximate surface area is 109 Å². The average Bonchev–Trinajstić information content (AvgIpc) is 2.40. The van der Waals surface area contributed by atoms with Crippen LogP contribution in [0.5, 0.6) is 0 Å². The van der Waals surface area contributed by atoms with Crippen molar-refractivity contribution >= 4 is 28.4 Å². The molecule has 0 aliphatic heterocycles. The van der Waals surface area contributed by atoms with Gasteiger partial charge in [-0.1, -0.05) is 11.8 Å². The molecule has 2 aromatic heterocycles. The van der Waals surface area contributed by atoms with Crippen LogP contribution in [0, 0.1) is 0 Å². The van der Waals surface area contributed by atoms with E-state index in [1.54, 1.807) is 24.2 Å². The highest BCUT2D eigenvalue weighted by Crippen LogP contribution is 2.32. The van der Waals surface area contributed by atoms with E-state index in [1.807, 2.05) is 42.6 Å². The zero-order valence-corrected chi connectivity index (χ0v) is 10.4. The Morgan fingerprint density at radius 3 is 2.61 bits per heavy atom. The number of fused-ring (bicyclic) bond motifs is 1. The fraction of sp³-hybridized carbons (Fsp3) is 0. The van der Waals surface area contributed by atoms with Crippen molar-refractivity contribution in [1.82, 2.24) is 9.97 Å². The Morgan fingerprint density at radius 2 is 1.78 bits per heavy atom. The summed E-state index contributed by atoms with van der Waals surface area (Å²) in [6, 6.07) is 11.8. The first-order chi connectivity index (χ1) is 8.83. The lowest BCUT2D eigenvalue weighted by Crippen LogP contribution is -1.87. The van der Waals surface area contributed by atoms with Crippen molar-refractivity contribution < 1.29 is 0 Å². The van der Waals surface area contributed by atoms with Gasteiger partial charge in [-0.05, 0) is 36.4 Å². The van der Waals surface area contributed by atoms with Crippen molar-refractivity contribution in [3.8, 4) is 0 Å². The quantitative estimate of drug-likeness (QED) is 0.711. The number of pyridine rings is 2. The molecule has 2 N–H and O–H groups in total. The minimum absolute atomic E-state index is 0.737. The van der Waals surface area contributed by atoms with Gasteiger partial charge in [-0.3, -0.25) is 9.97 Å². The van der Waals surface area contributed by atoms with Gasteiger partial charge in [0.05, 0.1) is 5.52 Å². The van der Waals surface area contributed by atoms with E-state index >= 15 is 0 Å². The molecule has 0 amide bonds. The van der Waals surface area contributed by atoms with Crippen molar-refractivity contribution in [2.45, 2.75) is 9.79 Å². The lowest BCUT2D eigenvalue weighted by molar-refractivity contribution is 1.26. The van der Waals surface area contributed by atoms with E-state index in [9.17, 15) is 0 Å². The number of rotatable bonds is 2. The smallest absolute Gasteiger partial charge is 0.0733 e. The molecule has 3 rings (SSSR count). The van der Waals surface area contributed by atoms with Gasteiger partial charge in [0, 0.05) is 39.5 Å². The van der Waals surface area contributed by atoms with Crippen LogP contribution >= 0.6 is 11.8 Å². The van der Waals surface area contributed by atoms with E-state index in [4.69, 9.17) is 5.73 Å². The van der Waals surface area contributed by atoms with Crippen LogP contribution in [0.15, 0.2) is 64.8 Å². The summed E-state index contributed by atoms with van der Waals surface area (Å²) in [5.41, 5.74) is 7.43. The van der Waals surface area contributed by atoms with Crippen LogP contribution in [0.25, 0.3) is 10.9 Å². The van der Waals surface area contributed by atoms with E-state index in [0.717, 1.165) is 21.5 Å². The first-order valence-corrected chi connectivity index (χ1v) is 6.37. The van der Waals surface area contributed by atoms with Gasteiger partial charge >= 0.3 is 0 Å². The summed E-state index contributed by atoms with van der Waals surface area (Å²) in [5.74, 6) is 0. The molecule has 2 heterocycles. The standard InChI is InChI=1S/C14H11N3S/c15-10-1-2-12-13(9-10)17-8-5-14(12)18-11-3-6-16-7-4-11/h1-9H,15H2. The monoisotopic (exact) mass is 253 g/mol. The van der Waals surface area contributed by atoms with Crippen molar-refractivity contribution in [2.24, 2.45) is 0 Å². The zero-order valence-electron chi connectivity index (χ0n) is 9.58. The van der Waals surface area contributed by atoms with Crippen molar-refractivity contribution in [3.63, 3.8) is 0 Å². The molecule has 0 saturated heterocycles. The predicted molar refractivity (Wildman–Crippen MR) is 74.5 cm³/mol. The van der Waals surface area contributed by atoms with Crippen LogP contribution in [0.4, 0.5) is 5.69 Å². The molecule has 0 aliphatic carbocycles. The van der Waals surface area contributed by atoms with Gasteiger partial charge in [-0.25, -0.2) is 0 Å². The van der Waals surface area contributed by atoms with Crippen molar-refractivity contribution in [1.29, 1.82) is 0 Å². The highest BCUT2D eigenvalue weighted by atomic mass is 32.2. The third-order valence-electron chi connectivity index (χ3n) is 2.60. The molecule has 0 bridgehead atoms. The third-order valence-corrected chi connectivity index (χ3v) is 3.69. The fourth-order valence-electron chi connectivity index (χ4n) is 1.76. The molecule has 0 unspecified atom stereocenters. The molecule has 3 nitrogen and oxygen atoms in total. The maximum Gasteiger partial charge on any atom is 0.0733 e. The summed E-state index contributed by atoms with van der Waals surface area (Å²) in [5, 5.41) is 1.12. The molecular weight excluding hydrogens is 242 g/mol. The van der Waals surface area contributed by atoms with Gasteiger partial charge in [0.15, 0.2) is 0 Å². The minimum atomic E-state index is 0.737. The lowest BCUT2D eigenvalue weighted by atomic mass is 10.2. The van der Waals surface area contributed by atoms with Gasteiger partial charge < -0.3 is 5.73 Å². The van der Waals surface area contributed by atoms with Gasteiger partial charge in [0.2, 0.25) is 0 Å². The molecule has 18 heavy (non-hydrogen) atoms. The maximum absolute atomic E-state index is 5.77. The Balaban J connectivity index is 2.07. The molecule has 0 spiro atoms. The molecule has 0 radical (unpaired) electrons. The van der Waals surface area contributed by atoms with Crippen LogP contribution in [0.3, 0.4) is 0 Å². The van der Waals surface area contributed by atoms with Crippen LogP contribution < -0.4 is 5.73 Å². The number of anilines is 1. The molecule has 0 aliphatic rings. The molecule has 3 aromatic rings. The molecule has 0 saturated carbocycles. The topological polar surface area (TPSA) is 51.8 Å². The maximum atomic E-state index is 5.77. The number of nitrogens with zero attached hydrogens (tertiary/aromatic N) is 2. The zero-order chi connectivity index (χ0) is 12.4.